The maximum absolute atomic E-state index is 12.4. The Kier molecular flexibility index (Phi) is 2.41. The van der Waals surface area contributed by atoms with Crippen LogP contribution in [0.4, 0.5) is 0 Å². The number of fused-ring (bicyclic) bond motifs is 2. The van der Waals surface area contributed by atoms with Gasteiger partial charge in [0.15, 0.2) is 0 Å². The summed E-state index contributed by atoms with van der Waals surface area (Å²) in [5.74, 6) is 0.522. The van der Waals surface area contributed by atoms with Gasteiger partial charge in [-0.3, -0.25) is 4.79 Å². The molecule has 0 atom stereocenters. The van der Waals surface area contributed by atoms with E-state index in [9.17, 15) is 4.79 Å². The highest BCUT2D eigenvalue weighted by Crippen LogP contribution is 2.35. The summed E-state index contributed by atoms with van der Waals surface area (Å²) in [6.45, 7) is 0. The highest BCUT2D eigenvalue weighted by molar-refractivity contribution is 7.16. The summed E-state index contributed by atoms with van der Waals surface area (Å²) in [5, 5.41) is 6.21. The Labute approximate surface area is 113 Å². The molecule has 0 radical (unpaired) electrons. The van der Waals surface area contributed by atoms with Crippen molar-refractivity contribution in [1.82, 2.24) is 14.6 Å². The van der Waals surface area contributed by atoms with Gasteiger partial charge in [0.05, 0.1) is 10.9 Å². The third-order valence-electron chi connectivity index (χ3n) is 3.82. The molecule has 2 aromatic heterocycles. The molecule has 2 heterocycles. The lowest BCUT2D eigenvalue weighted by molar-refractivity contribution is 0.692. The van der Waals surface area contributed by atoms with Crippen LogP contribution in [0.5, 0.6) is 0 Å². The fourth-order valence-corrected chi connectivity index (χ4v) is 3.87. The van der Waals surface area contributed by atoms with Crippen molar-refractivity contribution in [1.29, 1.82) is 0 Å². The fourth-order valence-electron chi connectivity index (χ4n) is 2.81. The summed E-state index contributed by atoms with van der Waals surface area (Å²) in [7, 11) is 0. The molecule has 0 unspecified atom stereocenters. The first-order valence-electron chi connectivity index (χ1n) is 6.61. The molecule has 0 amide bonds. The monoisotopic (exact) mass is 271 g/mol. The van der Waals surface area contributed by atoms with Gasteiger partial charge in [-0.2, -0.15) is 9.61 Å². The van der Waals surface area contributed by atoms with Gasteiger partial charge in [-0.25, -0.2) is 4.98 Å². The van der Waals surface area contributed by atoms with Crippen LogP contribution in [0.3, 0.4) is 0 Å². The quantitative estimate of drug-likeness (QED) is 0.683. The SMILES string of the molecule is O=c1c2ccccc2nc2sc(C3CCCC3)nn12. The molecule has 3 aromatic rings. The van der Waals surface area contributed by atoms with E-state index < -0.39 is 0 Å². The van der Waals surface area contributed by atoms with Crippen molar-refractivity contribution in [2.45, 2.75) is 31.6 Å². The van der Waals surface area contributed by atoms with Crippen molar-refractivity contribution in [2.24, 2.45) is 0 Å². The molecule has 4 nitrogen and oxygen atoms in total. The van der Waals surface area contributed by atoms with Crippen molar-refractivity contribution in [2.75, 3.05) is 0 Å². The van der Waals surface area contributed by atoms with E-state index in [1.165, 1.54) is 30.2 Å². The third-order valence-corrected chi connectivity index (χ3v) is 4.89. The first-order valence-corrected chi connectivity index (χ1v) is 7.43. The predicted molar refractivity (Wildman–Crippen MR) is 75.8 cm³/mol. The van der Waals surface area contributed by atoms with E-state index in [4.69, 9.17) is 0 Å². The molecule has 1 aliphatic rings. The van der Waals surface area contributed by atoms with Crippen LogP contribution >= 0.6 is 11.3 Å². The molecular weight excluding hydrogens is 258 g/mol. The fraction of sp³-hybridized carbons (Fsp3) is 0.357. The molecule has 1 aliphatic carbocycles. The summed E-state index contributed by atoms with van der Waals surface area (Å²) >= 11 is 1.56. The first kappa shape index (κ1) is 11.1. The van der Waals surface area contributed by atoms with E-state index in [1.807, 2.05) is 24.3 Å². The Morgan fingerprint density at radius 1 is 1.21 bits per heavy atom. The van der Waals surface area contributed by atoms with Crippen molar-refractivity contribution in [3.05, 3.63) is 39.6 Å². The van der Waals surface area contributed by atoms with E-state index in [1.54, 1.807) is 11.3 Å². The van der Waals surface area contributed by atoms with Gasteiger partial charge in [0.2, 0.25) is 4.96 Å². The van der Waals surface area contributed by atoms with Gasteiger partial charge in [-0.15, -0.1) is 0 Å². The molecule has 1 aromatic carbocycles. The molecule has 4 rings (SSSR count). The number of rotatable bonds is 1. The normalized spacial score (nSPS) is 16.6. The second-order valence-corrected chi connectivity index (χ2v) is 6.04. The van der Waals surface area contributed by atoms with E-state index in [0.717, 1.165) is 10.5 Å². The van der Waals surface area contributed by atoms with Crippen LogP contribution in [0.2, 0.25) is 0 Å². The number of hydrogen-bond acceptors (Lipinski definition) is 4. The van der Waals surface area contributed by atoms with Crippen molar-refractivity contribution in [3.63, 3.8) is 0 Å². The van der Waals surface area contributed by atoms with E-state index in [0.29, 0.717) is 16.3 Å². The minimum absolute atomic E-state index is 0.0545. The van der Waals surface area contributed by atoms with Crippen LogP contribution < -0.4 is 5.56 Å². The van der Waals surface area contributed by atoms with Gasteiger partial charge >= 0.3 is 0 Å². The standard InChI is InChI=1S/C14H13N3OS/c18-13-10-7-3-4-8-11(10)15-14-17(13)16-12(19-14)9-5-1-2-6-9/h3-4,7-9H,1-2,5-6H2. The van der Waals surface area contributed by atoms with Crippen LogP contribution in [0.1, 0.15) is 36.6 Å². The minimum atomic E-state index is -0.0545. The van der Waals surface area contributed by atoms with Crippen LogP contribution in [0.15, 0.2) is 29.1 Å². The van der Waals surface area contributed by atoms with Gasteiger partial charge in [-0.05, 0) is 25.0 Å². The number of aromatic nitrogens is 3. The third kappa shape index (κ3) is 1.69. The lowest BCUT2D eigenvalue weighted by Gasteiger charge is -2.00. The zero-order chi connectivity index (χ0) is 12.8. The molecule has 0 bridgehead atoms. The topological polar surface area (TPSA) is 47.3 Å². The van der Waals surface area contributed by atoms with Crippen LogP contribution in [0, 0.1) is 0 Å². The summed E-state index contributed by atoms with van der Waals surface area (Å²) in [5.41, 5.74) is 0.704. The van der Waals surface area contributed by atoms with Gasteiger partial charge in [-0.1, -0.05) is 36.3 Å². The first-order chi connectivity index (χ1) is 9.33. The van der Waals surface area contributed by atoms with Gasteiger partial charge in [0.25, 0.3) is 5.56 Å². The summed E-state index contributed by atoms with van der Waals surface area (Å²) < 4.78 is 1.47. The van der Waals surface area contributed by atoms with Crippen LogP contribution in [-0.2, 0) is 0 Å². The molecule has 19 heavy (non-hydrogen) atoms. The Morgan fingerprint density at radius 2 is 2.00 bits per heavy atom. The Morgan fingerprint density at radius 3 is 2.84 bits per heavy atom. The predicted octanol–water partition coefficient (Wildman–Crippen LogP) is 2.96. The van der Waals surface area contributed by atoms with Gasteiger partial charge in [0, 0.05) is 5.92 Å². The molecule has 96 valence electrons. The molecule has 0 N–H and O–H groups in total. The summed E-state index contributed by atoms with van der Waals surface area (Å²) in [6, 6.07) is 7.46. The van der Waals surface area contributed by atoms with Gasteiger partial charge in [0.1, 0.15) is 5.01 Å². The Hall–Kier alpha value is -1.75. The Bertz CT molecular complexity index is 814. The maximum atomic E-state index is 12.4. The molecule has 1 saturated carbocycles. The largest absolute Gasteiger partial charge is 0.283 e. The van der Waals surface area contributed by atoms with Crippen molar-refractivity contribution < 1.29 is 0 Å². The average Bonchev–Trinajstić information content (AvgIpc) is 3.07. The highest BCUT2D eigenvalue weighted by atomic mass is 32.1. The molecule has 5 heteroatoms. The van der Waals surface area contributed by atoms with E-state index in [2.05, 4.69) is 10.1 Å². The molecule has 0 aliphatic heterocycles. The highest BCUT2D eigenvalue weighted by Gasteiger charge is 2.22. The molecule has 1 fully saturated rings. The molecular formula is C14H13N3OS. The summed E-state index contributed by atoms with van der Waals surface area (Å²) in [4.78, 5) is 17.6. The van der Waals surface area contributed by atoms with Crippen molar-refractivity contribution >= 4 is 27.2 Å². The van der Waals surface area contributed by atoms with Crippen LogP contribution in [-0.4, -0.2) is 14.6 Å². The Balaban J connectivity index is 1.99. The number of hydrogen-bond donors (Lipinski definition) is 0. The molecule has 0 spiro atoms. The van der Waals surface area contributed by atoms with Crippen molar-refractivity contribution in [3.8, 4) is 0 Å². The van der Waals surface area contributed by atoms with E-state index >= 15 is 0 Å². The van der Waals surface area contributed by atoms with Gasteiger partial charge < -0.3 is 0 Å². The number of nitrogens with zero attached hydrogens (tertiary/aromatic N) is 3. The minimum Gasteiger partial charge on any atom is -0.267 e. The average molecular weight is 271 g/mol. The molecule has 0 saturated heterocycles. The summed E-state index contributed by atoms with van der Waals surface area (Å²) in [6.07, 6.45) is 4.91. The lowest BCUT2D eigenvalue weighted by atomic mass is 10.1. The number of para-hydroxylation sites is 1. The smallest absolute Gasteiger partial charge is 0.267 e. The van der Waals surface area contributed by atoms with Crippen LogP contribution in [0.25, 0.3) is 15.9 Å². The maximum Gasteiger partial charge on any atom is 0.283 e. The zero-order valence-corrected chi connectivity index (χ0v) is 11.2. The number of benzene rings is 1. The second kappa shape index (κ2) is 4.13. The second-order valence-electron chi connectivity index (χ2n) is 5.05. The lowest BCUT2D eigenvalue weighted by Crippen LogP contribution is -2.15. The van der Waals surface area contributed by atoms with E-state index in [-0.39, 0.29) is 5.56 Å². The zero-order valence-electron chi connectivity index (χ0n) is 10.4.